The van der Waals surface area contributed by atoms with Crippen LogP contribution >= 0.6 is 0 Å². The zero-order valence-corrected chi connectivity index (χ0v) is 21.8. The van der Waals surface area contributed by atoms with Gasteiger partial charge in [0.1, 0.15) is 18.4 Å². The zero-order chi connectivity index (χ0) is 27.5. The number of methoxy groups -OCH3 is 1. The molecular formula is C30H28FN3O5. The molecule has 3 aromatic carbocycles. The molecule has 0 aliphatic carbocycles. The maximum atomic E-state index is 15.2. The second-order valence-electron chi connectivity index (χ2n) is 9.63. The fourth-order valence-electron chi connectivity index (χ4n) is 4.46. The highest BCUT2D eigenvalue weighted by molar-refractivity contribution is 6.21. The van der Waals surface area contributed by atoms with E-state index in [2.05, 4.69) is 10.3 Å². The number of pyridine rings is 1. The molecule has 1 aliphatic rings. The third kappa shape index (κ3) is 5.47. The number of ether oxygens (including phenoxy) is 3. The summed E-state index contributed by atoms with van der Waals surface area (Å²) in [6, 6.07) is 17.6. The van der Waals surface area contributed by atoms with E-state index < -0.39 is 23.8 Å². The number of amides is 3. The summed E-state index contributed by atoms with van der Waals surface area (Å²) in [5.74, 6) is 0.360. The number of benzene rings is 3. The molecule has 200 valence electrons. The minimum atomic E-state index is -0.722. The van der Waals surface area contributed by atoms with Crippen molar-refractivity contribution in [3.05, 3.63) is 84.3 Å². The lowest BCUT2D eigenvalue weighted by molar-refractivity contribution is -0.118. The number of hydrogen-bond acceptors (Lipinski definition) is 6. The molecular weight excluding hydrogens is 501 g/mol. The first kappa shape index (κ1) is 26.0. The first-order valence-electron chi connectivity index (χ1n) is 12.6. The summed E-state index contributed by atoms with van der Waals surface area (Å²) in [6.07, 6.45) is 2.06. The molecule has 0 saturated carbocycles. The van der Waals surface area contributed by atoms with Crippen LogP contribution in [0, 0.1) is 11.7 Å². The summed E-state index contributed by atoms with van der Waals surface area (Å²) in [5, 5.41) is 3.26. The molecule has 1 unspecified atom stereocenters. The van der Waals surface area contributed by atoms with Crippen molar-refractivity contribution in [2.75, 3.05) is 12.0 Å². The number of nitrogens with one attached hydrogen (secondary N) is 1. The molecule has 1 aliphatic heterocycles. The Labute approximate surface area is 225 Å². The molecule has 39 heavy (non-hydrogen) atoms. The average Bonchev–Trinajstić information content (AvgIpc) is 3.20. The molecule has 8 nitrogen and oxygen atoms in total. The van der Waals surface area contributed by atoms with E-state index in [1.165, 1.54) is 19.2 Å². The lowest BCUT2D eigenvalue weighted by Crippen LogP contribution is -2.32. The Kier molecular flexibility index (Phi) is 7.31. The van der Waals surface area contributed by atoms with Crippen LogP contribution in [0.25, 0.3) is 10.9 Å². The predicted octanol–water partition coefficient (Wildman–Crippen LogP) is 6.22. The Hall–Kier alpha value is -4.66. The van der Waals surface area contributed by atoms with Crippen molar-refractivity contribution in [1.29, 1.82) is 0 Å². The van der Waals surface area contributed by atoms with Gasteiger partial charge in [0.25, 0.3) is 5.91 Å². The van der Waals surface area contributed by atoms with Crippen LogP contribution in [-0.2, 0) is 11.4 Å². The van der Waals surface area contributed by atoms with Gasteiger partial charge < -0.3 is 19.5 Å². The van der Waals surface area contributed by atoms with Gasteiger partial charge in [-0.25, -0.2) is 14.1 Å². The van der Waals surface area contributed by atoms with Crippen LogP contribution in [-0.4, -0.2) is 30.1 Å². The second-order valence-corrected chi connectivity index (χ2v) is 9.63. The van der Waals surface area contributed by atoms with Crippen LogP contribution in [0.3, 0.4) is 0 Å². The predicted molar refractivity (Wildman–Crippen MR) is 145 cm³/mol. The van der Waals surface area contributed by atoms with Crippen molar-refractivity contribution in [3.63, 3.8) is 0 Å². The van der Waals surface area contributed by atoms with Crippen molar-refractivity contribution in [3.8, 4) is 23.0 Å². The molecule has 0 spiro atoms. The highest BCUT2D eigenvalue weighted by atomic mass is 19.1. The summed E-state index contributed by atoms with van der Waals surface area (Å²) in [7, 11) is 1.54. The average molecular weight is 530 g/mol. The number of nitrogens with zero attached hydrogens (tertiary/aromatic N) is 2. The minimum absolute atomic E-state index is 0.0691. The maximum absolute atomic E-state index is 15.2. The summed E-state index contributed by atoms with van der Waals surface area (Å²) in [4.78, 5) is 30.6. The largest absolute Gasteiger partial charge is 0.493 e. The van der Waals surface area contributed by atoms with E-state index in [1.54, 1.807) is 24.4 Å². The van der Waals surface area contributed by atoms with Gasteiger partial charge in [-0.1, -0.05) is 44.2 Å². The summed E-state index contributed by atoms with van der Waals surface area (Å²) in [5.41, 5.74) is 1.71. The van der Waals surface area contributed by atoms with Crippen molar-refractivity contribution >= 4 is 28.5 Å². The van der Waals surface area contributed by atoms with Gasteiger partial charge in [0.2, 0.25) is 0 Å². The number of halogens is 1. The SMILES string of the molecule is COc1cc2c(Oc3ccc(N4C(=O)NC(CC(C)C)C4=O)cc3F)ccnc2cc1OCc1ccccc1. The third-order valence-corrected chi connectivity index (χ3v) is 6.34. The molecule has 0 bridgehead atoms. The normalized spacial score (nSPS) is 15.1. The van der Waals surface area contributed by atoms with E-state index >= 15 is 4.39 Å². The number of rotatable bonds is 9. The molecule has 1 atom stereocenters. The standard InChI is InChI=1S/C30H28FN3O5/c1-18(2)13-24-29(35)34(30(36)33-24)20-9-10-26(22(31)14-20)39-25-11-12-32-23-16-28(27(37-3)15-21(23)25)38-17-19-7-5-4-6-8-19/h4-12,14-16,18,24H,13,17H2,1-3H3,(H,33,36). The van der Waals surface area contributed by atoms with Crippen molar-refractivity contribution < 1.29 is 28.2 Å². The van der Waals surface area contributed by atoms with E-state index in [9.17, 15) is 9.59 Å². The zero-order valence-electron chi connectivity index (χ0n) is 21.8. The highest BCUT2D eigenvalue weighted by Crippen LogP contribution is 2.38. The van der Waals surface area contributed by atoms with E-state index in [0.29, 0.717) is 41.2 Å². The van der Waals surface area contributed by atoms with Crippen molar-refractivity contribution in [1.82, 2.24) is 10.3 Å². The lowest BCUT2D eigenvalue weighted by Gasteiger charge is -2.16. The minimum Gasteiger partial charge on any atom is -0.493 e. The van der Waals surface area contributed by atoms with Crippen LogP contribution in [0.1, 0.15) is 25.8 Å². The molecule has 1 saturated heterocycles. The number of anilines is 1. The number of carbonyl (C=O) groups excluding carboxylic acids is 2. The summed E-state index contributed by atoms with van der Waals surface area (Å²) >= 11 is 0. The number of carbonyl (C=O) groups is 2. The van der Waals surface area contributed by atoms with Crippen molar-refractivity contribution in [2.24, 2.45) is 5.92 Å². The monoisotopic (exact) mass is 529 g/mol. The van der Waals surface area contributed by atoms with E-state index in [4.69, 9.17) is 14.2 Å². The quantitative estimate of drug-likeness (QED) is 0.259. The Morgan fingerprint density at radius 1 is 0.974 bits per heavy atom. The van der Waals surface area contributed by atoms with Gasteiger partial charge in [-0.3, -0.25) is 9.78 Å². The number of imide groups is 1. The van der Waals surface area contributed by atoms with Crippen LogP contribution in [0.15, 0.2) is 72.9 Å². The fraction of sp³-hybridized carbons (Fsp3) is 0.233. The topological polar surface area (TPSA) is 90.0 Å². The van der Waals surface area contributed by atoms with Crippen LogP contribution in [0.2, 0.25) is 0 Å². The molecule has 9 heteroatoms. The Morgan fingerprint density at radius 2 is 1.77 bits per heavy atom. The molecule has 4 aromatic rings. The molecule has 1 N–H and O–H groups in total. The summed E-state index contributed by atoms with van der Waals surface area (Å²) < 4.78 is 32.6. The van der Waals surface area contributed by atoms with Crippen LogP contribution < -0.4 is 24.4 Å². The van der Waals surface area contributed by atoms with Gasteiger partial charge in [-0.05, 0) is 42.2 Å². The van der Waals surface area contributed by atoms with Crippen molar-refractivity contribution in [2.45, 2.75) is 32.9 Å². The van der Waals surface area contributed by atoms with Gasteiger partial charge >= 0.3 is 6.03 Å². The second kappa shape index (κ2) is 11.0. The fourth-order valence-corrected chi connectivity index (χ4v) is 4.46. The summed E-state index contributed by atoms with van der Waals surface area (Å²) in [6.45, 7) is 4.28. The Morgan fingerprint density at radius 3 is 2.49 bits per heavy atom. The highest BCUT2D eigenvalue weighted by Gasteiger charge is 2.39. The third-order valence-electron chi connectivity index (χ3n) is 6.34. The number of fused-ring (bicyclic) bond motifs is 1. The lowest BCUT2D eigenvalue weighted by atomic mass is 10.0. The Balaban J connectivity index is 1.39. The Bertz CT molecular complexity index is 1530. The van der Waals surface area contributed by atoms with E-state index in [-0.39, 0.29) is 17.4 Å². The molecule has 2 heterocycles. The number of urea groups is 1. The first-order chi connectivity index (χ1) is 18.8. The molecule has 1 aromatic heterocycles. The van der Waals surface area contributed by atoms with Crippen LogP contribution in [0.4, 0.5) is 14.9 Å². The van der Waals surface area contributed by atoms with Gasteiger partial charge in [0.15, 0.2) is 23.1 Å². The van der Waals surface area contributed by atoms with Gasteiger partial charge in [0, 0.05) is 23.7 Å². The molecule has 0 radical (unpaired) electrons. The van der Waals surface area contributed by atoms with Gasteiger partial charge in [-0.15, -0.1) is 0 Å². The molecule has 3 amide bonds. The first-order valence-corrected chi connectivity index (χ1v) is 12.6. The van der Waals surface area contributed by atoms with Crippen LogP contribution in [0.5, 0.6) is 23.0 Å². The number of aromatic nitrogens is 1. The molecule has 1 fully saturated rings. The molecule has 5 rings (SSSR count). The van der Waals surface area contributed by atoms with E-state index in [1.807, 2.05) is 44.2 Å². The van der Waals surface area contributed by atoms with Gasteiger partial charge in [0.05, 0.1) is 18.3 Å². The number of hydrogen-bond donors (Lipinski definition) is 1. The maximum Gasteiger partial charge on any atom is 0.329 e. The smallest absolute Gasteiger partial charge is 0.329 e. The van der Waals surface area contributed by atoms with E-state index in [0.717, 1.165) is 16.5 Å². The van der Waals surface area contributed by atoms with Gasteiger partial charge in [-0.2, -0.15) is 0 Å².